The minimum Gasteiger partial charge on any atom is -0.467 e. The minimum atomic E-state index is -0.585. The lowest BCUT2D eigenvalue weighted by atomic mass is 9.99. The average Bonchev–Trinajstić information content (AvgIpc) is 2.68. The molecule has 2 rings (SSSR count). The van der Waals surface area contributed by atoms with Crippen molar-refractivity contribution in [2.45, 2.75) is 32.9 Å². The van der Waals surface area contributed by atoms with E-state index >= 15 is 0 Å². The maximum atomic E-state index is 12.4. The van der Waals surface area contributed by atoms with Crippen LogP contribution in [0.5, 0.6) is 0 Å². The van der Waals surface area contributed by atoms with Gasteiger partial charge in [-0.05, 0) is 23.6 Å². The Balaban J connectivity index is 1.77. The summed E-state index contributed by atoms with van der Waals surface area (Å²) in [5.41, 5.74) is 1.24. The standard InChI is InChI=1S/C20H30ClN3O3/c1-4-15(2)19(20(26)27-3)22-18(25)14-24-11-9-23(10-12-24)13-16-5-7-17(21)8-6-16/h5-8,15,19H,4,9-14H2,1-3H3,(H,22,25)/t15-,19+/m0/s1. The first-order valence-electron chi connectivity index (χ1n) is 9.49. The number of benzene rings is 1. The molecule has 1 aliphatic rings. The molecule has 0 spiro atoms. The first-order valence-corrected chi connectivity index (χ1v) is 9.87. The van der Waals surface area contributed by atoms with Crippen LogP contribution in [0.3, 0.4) is 0 Å². The fourth-order valence-electron chi connectivity index (χ4n) is 3.17. The van der Waals surface area contributed by atoms with Crippen LogP contribution in [0, 0.1) is 5.92 Å². The molecule has 0 aromatic heterocycles. The fraction of sp³-hybridized carbons (Fsp3) is 0.600. The van der Waals surface area contributed by atoms with Gasteiger partial charge in [-0.3, -0.25) is 14.6 Å². The smallest absolute Gasteiger partial charge is 0.328 e. The number of carbonyl (C=O) groups excluding carboxylic acids is 2. The zero-order chi connectivity index (χ0) is 19.8. The van der Waals surface area contributed by atoms with Gasteiger partial charge < -0.3 is 10.1 Å². The van der Waals surface area contributed by atoms with E-state index in [-0.39, 0.29) is 17.8 Å². The third kappa shape index (κ3) is 6.79. The number of ether oxygens (including phenoxy) is 1. The molecule has 1 heterocycles. The summed E-state index contributed by atoms with van der Waals surface area (Å²) in [5.74, 6) is -0.472. The van der Waals surface area contributed by atoms with Gasteiger partial charge in [0.2, 0.25) is 5.91 Å². The predicted molar refractivity (Wildman–Crippen MR) is 107 cm³/mol. The van der Waals surface area contributed by atoms with E-state index in [1.165, 1.54) is 12.7 Å². The summed E-state index contributed by atoms with van der Waals surface area (Å²) < 4.78 is 4.82. The molecule has 0 radical (unpaired) electrons. The van der Waals surface area contributed by atoms with Crippen LogP contribution in [-0.4, -0.2) is 67.6 Å². The Labute approximate surface area is 166 Å². The number of halogens is 1. The van der Waals surface area contributed by atoms with E-state index in [4.69, 9.17) is 16.3 Å². The molecule has 0 saturated carbocycles. The lowest BCUT2D eigenvalue weighted by Crippen LogP contribution is -2.52. The Kier molecular flexibility index (Phi) is 8.54. The van der Waals surface area contributed by atoms with Crippen LogP contribution in [0.4, 0.5) is 0 Å². The highest BCUT2D eigenvalue weighted by atomic mass is 35.5. The number of carbonyl (C=O) groups is 2. The molecule has 6 nitrogen and oxygen atoms in total. The van der Waals surface area contributed by atoms with Gasteiger partial charge in [0.05, 0.1) is 13.7 Å². The van der Waals surface area contributed by atoms with E-state index in [0.29, 0.717) is 6.54 Å². The highest BCUT2D eigenvalue weighted by Crippen LogP contribution is 2.13. The van der Waals surface area contributed by atoms with Gasteiger partial charge in [0.15, 0.2) is 0 Å². The van der Waals surface area contributed by atoms with E-state index < -0.39 is 6.04 Å². The summed E-state index contributed by atoms with van der Waals surface area (Å²) in [6.07, 6.45) is 0.795. The second-order valence-corrected chi connectivity index (χ2v) is 7.57. The SMILES string of the molecule is CC[C@H](C)[C@@H](NC(=O)CN1CCN(Cc2ccc(Cl)cc2)CC1)C(=O)OC. The Hall–Kier alpha value is -1.63. The Morgan fingerprint density at radius 1 is 1.15 bits per heavy atom. The van der Waals surface area contributed by atoms with Crippen LogP contribution in [-0.2, 0) is 20.9 Å². The van der Waals surface area contributed by atoms with Gasteiger partial charge in [-0.1, -0.05) is 44.0 Å². The first kappa shape index (κ1) is 21.7. The van der Waals surface area contributed by atoms with Gasteiger partial charge in [-0.2, -0.15) is 0 Å². The van der Waals surface area contributed by atoms with Crippen molar-refractivity contribution in [2.24, 2.45) is 5.92 Å². The fourth-order valence-corrected chi connectivity index (χ4v) is 3.30. The molecular formula is C20H30ClN3O3. The van der Waals surface area contributed by atoms with Crippen molar-refractivity contribution >= 4 is 23.5 Å². The Morgan fingerprint density at radius 3 is 2.30 bits per heavy atom. The summed E-state index contributed by atoms with van der Waals surface area (Å²) in [5, 5.41) is 3.59. The largest absolute Gasteiger partial charge is 0.467 e. The number of amides is 1. The molecule has 7 heteroatoms. The molecule has 1 saturated heterocycles. The third-order valence-corrected chi connectivity index (χ3v) is 5.39. The number of piperazine rings is 1. The zero-order valence-electron chi connectivity index (χ0n) is 16.4. The van der Waals surface area contributed by atoms with Crippen molar-refractivity contribution in [1.82, 2.24) is 15.1 Å². The van der Waals surface area contributed by atoms with E-state index in [2.05, 4.69) is 15.1 Å². The summed E-state index contributed by atoms with van der Waals surface area (Å²) in [6.45, 7) is 8.59. The van der Waals surface area contributed by atoms with Gasteiger partial charge in [0.25, 0.3) is 0 Å². The monoisotopic (exact) mass is 395 g/mol. The van der Waals surface area contributed by atoms with Crippen molar-refractivity contribution in [3.8, 4) is 0 Å². The normalized spacial score (nSPS) is 17.9. The molecule has 1 fully saturated rings. The second-order valence-electron chi connectivity index (χ2n) is 7.13. The predicted octanol–water partition coefficient (Wildman–Crippen LogP) is 2.16. The average molecular weight is 396 g/mol. The molecule has 0 aliphatic carbocycles. The second kappa shape index (κ2) is 10.6. The van der Waals surface area contributed by atoms with Crippen molar-refractivity contribution in [1.29, 1.82) is 0 Å². The van der Waals surface area contributed by atoms with Crippen LogP contribution >= 0.6 is 11.6 Å². The van der Waals surface area contributed by atoms with Crippen molar-refractivity contribution in [2.75, 3.05) is 39.8 Å². The number of hydrogen-bond acceptors (Lipinski definition) is 5. The number of rotatable bonds is 8. The summed E-state index contributed by atoms with van der Waals surface area (Å²) in [6, 6.07) is 7.33. The van der Waals surface area contributed by atoms with E-state index in [1.807, 2.05) is 38.1 Å². The minimum absolute atomic E-state index is 0.0395. The van der Waals surface area contributed by atoms with Gasteiger partial charge >= 0.3 is 5.97 Å². The number of nitrogens with zero attached hydrogens (tertiary/aromatic N) is 2. The van der Waals surface area contributed by atoms with E-state index in [1.54, 1.807) is 0 Å². The summed E-state index contributed by atoms with van der Waals surface area (Å²) >= 11 is 5.93. The molecule has 2 atom stereocenters. The van der Waals surface area contributed by atoms with Crippen LogP contribution in [0.1, 0.15) is 25.8 Å². The van der Waals surface area contributed by atoms with Gasteiger partial charge in [0.1, 0.15) is 6.04 Å². The van der Waals surface area contributed by atoms with Crippen LogP contribution in [0.2, 0.25) is 5.02 Å². The number of hydrogen-bond donors (Lipinski definition) is 1. The number of esters is 1. The van der Waals surface area contributed by atoms with E-state index in [0.717, 1.165) is 44.2 Å². The Morgan fingerprint density at radius 2 is 1.74 bits per heavy atom. The molecular weight excluding hydrogens is 366 g/mol. The van der Waals surface area contributed by atoms with Gasteiger partial charge in [-0.25, -0.2) is 4.79 Å². The van der Waals surface area contributed by atoms with Gasteiger partial charge in [-0.15, -0.1) is 0 Å². The van der Waals surface area contributed by atoms with Crippen molar-refractivity contribution in [3.63, 3.8) is 0 Å². The topological polar surface area (TPSA) is 61.9 Å². The maximum Gasteiger partial charge on any atom is 0.328 e. The third-order valence-electron chi connectivity index (χ3n) is 5.14. The first-order chi connectivity index (χ1) is 12.9. The Bertz CT molecular complexity index is 615. The summed E-state index contributed by atoms with van der Waals surface area (Å²) in [7, 11) is 1.35. The van der Waals surface area contributed by atoms with E-state index in [9.17, 15) is 9.59 Å². The highest BCUT2D eigenvalue weighted by molar-refractivity contribution is 6.30. The molecule has 1 N–H and O–H groups in total. The molecule has 0 unspecified atom stereocenters. The molecule has 150 valence electrons. The molecule has 1 aromatic carbocycles. The number of nitrogens with one attached hydrogen (secondary N) is 1. The quantitative estimate of drug-likeness (QED) is 0.683. The maximum absolute atomic E-state index is 12.4. The van der Waals surface area contributed by atoms with Crippen molar-refractivity contribution < 1.29 is 14.3 Å². The van der Waals surface area contributed by atoms with Crippen molar-refractivity contribution in [3.05, 3.63) is 34.9 Å². The summed E-state index contributed by atoms with van der Waals surface area (Å²) in [4.78, 5) is 28.8. The molecule has 27 heavy (non-hydrogen) atoms. The molecule has 1 aromatic rings. The van der Waals surface area contributed by atoms with Gasteiger partial charge in [0, 0.05) is 37.7 Å². The lowest BCUT2D eigenvalue weighted by molar-refractivity contribution is -0.146. The highest BCUT2D eigenvalue weighted by Gasteiger charge is 2.27. The van der Waals surface area contributed by atoms with Crippen LogP contribution < -0.4 is 5.32 Å². The number of methoxy groups -OCH3 is 1. The molecule has 0 bridgehead atoms. The lowest BCUT2D eigenvalue weighted by Gasteiger charge is -2.34. The van der Waals surface area contributed by atoms with Crippen LogP contribution in [0.15, 0.2) is 24.3 Å². The molecule has 1 amide bonds. The van der Waals surface area contributed by atoms with Crippen LogP contribution in [0.25, 0.3) is 0 Å². The molecule has 1 aliphatic heterocycles. The zero-order valence-corrected chi connectivity index (χ0v) is 17.2.